The van der Waals surface area contributed by atoms with Gasteiger partial charge in [-0.1, -0.05) is 156 Å². The predicted octanol–water partition coefficient (Wildman–Crippen LogP) is 18.0. The first-order valence-electron chi connectivity index (χ1n) is 29.2. The van der Waals surface area contributed by atoms with Crippen molar-refractivity contribution in [2.75, 3.05) is 13.2 Å². The lowest BCUT2D eigenvalue weighted by Gasteiger charge is -2.34. The van der Waals surface area contributed by atoms with Crippen LogP contribution < -0.4 is 9.47 Å². The van der Waals surface area contributed by atoms with E-state index in [9.17, 15) is 0 Å². The molecule has 0 bridgehead atoms. The number of unbranched alkanes of at least 4 members (excludes halogenated alkanes) is 4. The Morgan fingerprint density at radius 1 is 0.423 bits per heavy atom. The zero-order valence-corrected chi connectivity index (χ0v) is 47.7. The van der Waals surface area contributed by atoms with Crippen LogP contribution in [0.4, 0.5) is 8.78 Å². The van der Waals surface area contributed by atoms with Crippen LogP contribution in [-0.2, 0) is 20.4 Å². The lowest BCUT2D eigenvalue weighted by atomic mass is 9.80. The maximum atomic E-state index is 16.0. The molecule has 2 amide bonds. The third-order valence-corrected chi connectivity index (χ3v) is 17.5. The highest BCUT2D eigenvalue weighted by Gasteiger charge is 2.52. The number of nitrogens with zero attached hydrogens (tertiary/aromatic N) is 2. The van der Waals surface area contributed by atoms with Crippen molar-refractivity contribution in [3.63, 3.8) is 0 Å². The van der Waals surface area contributed by atoms with Gasteiger partial charge in [0.25, 0.3) is 11.8 Å². The van der Waals surface area contributed by atoms with Gasteiger partial charge in [0, 0.05) is 46.2 Å². The van der Waals surface area contributed by atoms with Crippen LogP contribution in [0.5, 0.6) is 11.5 Å². The molecule has 6 nitrogen and oxygen atoms in total. The number of fused-ring (bicyclic) bond motifs is 7. The van der Waals surface area contributed by atoms with Crippen LogP contribution in [0.15, 0.2) is 120 Å². The molecule has 6 aromatic carbocycles. The summed E-state index contributed by atoms with van der Waals surface area (Å²) in [6.45, 7) is 22.9. The first kappa shape index (κ1) is 54.6. The van der Waals surface area contributed by atoms with Crippen molar-refractivity contribution < 1.29 is 27.8 Å². The summed E-state index contributed by atoms with van der Waals surface area (Å²) >= 11 is 0. The van der Waals surface area contributed by atoms with Crippen LogP contribution in [0.2, 0.25) is 0 Å². The van der Waals surface area contributed by atoms with Crippen LogP contribution in [0.25, 0.3) is 55.9 Å². The van der Waals surface area contributed by atoms with Crippen molar-refractivity contribution in [1.82, 2.24) is 9.80 Å². The second kappa shape index (κ2) is 22.1. The summed E-state index contributed by atoms with van der Waals surface area (Å²) in [5, 5.41) is 0. The van der Waals surface area contributed by atoms with Crippen molar-refractivity contribution >= 4 is 23.2 Å². The molecule has 4 aliphatic rings. The van der Waals surface area contributed by atoms with Gasteiger partial charge in [0.05, 0.1) is 35.8 Å². The fraction of sp³-hybridized carbons (Fsp3) is 0.400. The average molecular weight is 1050 g/mol. The molecule has 0 N–H and O–H groups in total. The van der Waals surface area contributed by atoms with Crippen molar-refractivity contribution in [2.24, 2.45) is 0 Å². The molecule has 0 saturated heterocycles. The zero-order valence-electron chi connectivity index (χ0n) is 47.7. The highest BCUT2D eigenvalue weighted by molar-refractivity contribution is 6.30. The predicted molar refractivity (Wildman–Crippen MR) is 314 cm³/mol. The third kappa shape index (κ3) is 9.38. The van der Waals surface area contributed by atoms with Crippen molar-refractivity contribution in [2.45, 2.75) is 169 Å². The first-order chi connectivity index (χ1) is 37.6. The topological polar surface area (TPSA) is 59.1 Å². The minimum atomic E-state index is -0.485. The van der Waals surface area contributed by atoms with Gasteiger partial charge in [0.2, 0.25) is 0 Å². The quantitative estimate of drug-likeness (QED) is 0.0636. The number of ether oxygens (including phenoxy) is 2. The minimum Gasteiger partial charge on any atom is -0.493 e. The van der Waals surface area contributed by atoms with Crippen molar-refractivity contribution in [3.8, 4) is 56.0 Å². The van der Waals surface area contributed by atoms with E-state index >= 15 is 18.4 Å². The molecule has 0 fully saturated rings. The Bertz CT molecular complexity index is 3160. The molecule has 0 radical (unpaired) electrons. The number of amides is 2. The smallest absolute Gasteiger partial charge is 0.261 e. The Kier molecular flexibility index (Phi) is 15.5. The SMILES string of the molecule is CCCCOc1ccc(-c2ccc3c(c2)C(C)(C)c2cc(C4=C5C(=O)N(C(CC)CCCC)C(c6ccc7c(c6)C(C)(C)c6cc(-c8ccc(OCCCC)cc8F)ccc6-7)=C5C(=O)N4C(CC)CCCC)ccc2-3)c(F)c1. The lowest BCUT2D eigenvalue weighted by molar-refractivity contribution is -0.125. The van der Waals surface area contributed by atoms with Crippen LogP contribution in [-0.4, -0.2) is 46.9 Å². The molecular formula is C70H78F2N2O4. The summed E-state index contributed by atoms with van der Waals surface area (Å²) < 4.78 is 43.4. The van der Waals surface area contributed by atoms with E-state index < -0.39 is 10.8 Å². The molecule has 0 aromatic heterocycles. The van der Waals surface area contributed by atoms with Gasteiger partial charge >= 0.3 is 0 Å². The molecule has 2 aliphatic heterocycles. The summed E-state index contributed by atoms with van der Waals surface area (Å²) in [5.41, 5.74) is 14.5. The van der Waals surface area contributed by atoms with E-state index in [1.54, 1.807) is 0 Å². The fourth-order valence-electron chi connectivity index (χ4n) is 12.9. The first-order valence-corrected chi connectivity index (χ1v) is 29.2. The largest absolute Gasteiger partial charge is 0.493 e. The molecule has 8 heteroatoms. The molecule has 0 saturated carbocycles. The van der Waals surface area contributed by atoms with Crippen LogP contribution in [0.3, 0.4) is 0 Å². The number of hydrogen-bond acceptors (Lipinski definition) is 4. The van der Waals surface area contributed by atoms with E-state index in [2.05, 4.69) is 130 Å². The van der Waals surface area contributed by atoms with E-state index in [0.717, 1.165) is 144 Å². The molecule has 406 valence electrons. The highest BCUT2D eigenvalue weighted by Crippen LogP contribution is 2.56. The van der Waals surface area contributed by atoms with E-state index in [-0.39, 0.29) is 35.5 Å². The monoisotopic (exact) mass is 1050 g/mol. The van der Waals surface area contributed by atoms with Gasteiger partial charge in [-0.3, -0.25) is 9.59 Å². The number of carbonyl (C=O) groups excluding carboxylic acids is 2. The Morgan fingerprint density at radius 3 is 1.06 bits per heavy atom. The zero-order chi connectivity index (χ0) is 55.2. The minimum absolute atomic E-state index is 0.118. The molecule has 6 aromatic rings. The summed E-state index contributed by atoms with van der Waals surface area (Å²) in [4.78, 5) is 35.9. The number of carbonyl (C=O) groups is 2. The van der Waals surface area contributed by atoms with Gasteiger partial charge in [-0.2, -0.15) is 0 Å². The van der Waals surface area contributed by atoms with E-state index in [4.69, 9.17) is 9.47 Å². The summed E-state index contributed by atoms with van der Waals surface area (Å²) in [5.74, 6) is 0.183. The summed E-state index contributed by atoms with van der Waals surface area (Å²) in [6.07, 6.45) is 10.8. The number of benzene rings is 6. The number of hydrogen-bond donors (Lipinski definition) is 0. The number of rotatable bonds is 22. The van der Waals surface area contributed by atoms with E-state index in [1.165, 1.54) is 12.1 Å². The Balaban J connectivity index is 1.09. The lowest BCUT2D eigenvalue weighted by Crippen LogP contribution is -2.39. The van der Waals surface area contributed by atoms with Gasteiger partial charge in [0.1, 0.15) is 23.1 Å². The molecule has 2 aliphatic carbocycles. The second-order valence-electron chi connectivity index (χ2n) is 23.2. The summed E-state index contributed by atoms with van der Waals surface area (Å²) in [6, 6.07) is 35.5. The molecule has 10 rings (SSSR count). The molecule has 0 spiro atoms. The molecule has 78 heavy (non-hydrogen) atoms. The number of halogens is 2. The van der Waals surface area contributed by atoms with Gasteiger partial charge < -0.3 is 19.3 Å². The molecule has 2 atom stereocenters. The Morgan fingerprint density at radius 2 is 0.744 bits per heavy atom. The normalized spacial score (nSPS) is 16.4. The van der Waals surface area contributed by atoms with Crippen LogP contribution >= 0.6 is 0 Å². The second-order valence-corrected chi connectivity index (χ2v) is 23.2. The van der Waals surface area contributed by atoms with Crippen LogP contribution in [0.1, 0.15) is 180 Å². The van der Waals surface area contributed by atoms with Gasteiger partial charge in [-0.25, -0.2) is 8.78 Å². The fourth-order valence-corrected chi connectivity index (χ4v) is 12.9. The molecule has 2 heterocycles. The van der Waals surface area contributed by atoms with E-state index in [1.807, 2.05) is 46.2 Å². The van der Waals surface area contributed by atoms with E-state index in [0.29, 0.717) is 58.4 Å². The highest BCUT2D eigenvalue weighted by atomic mass is 19.1. The van der Waals surface area contributed by atoms with Gasteiger partial charge in [-0.15, -0.1) is 0 Å². The average Bonchev–Trinajstić information content (AvgIpc) is 4.11. The third-order valence-electron chi connectivity index (χ3n) is 17.5. The van der Waals surface area contributed by atoms with Crippen molar-refractivity contribution in [3.05, 3.63) is 165 Å². The Labute approximate surface area is 462 Å². The standard InChI is InChI=1S/C70H78F2N2O4/c1-11-17-21-47(15-5)73-65(45-25-31-55-53-29-23-43(37-57(53)69(7,8)59(55)39-45)51-33-27-49(41-61(51)71)77-35-19-13-3)63-64(67(73)75)66(74(68(63)76)48(16-6)22-18-12-2)46-26-32-56-54-30-24-44(38-58(54)70(9,10)60(56)40-46)52-34-28-50(42-62(52)72)78-36-20-14-4/h23-34,37-42,47-48H,11-22,35-36H2,1-10H3. The van der Waals surface area contributed by atoms with Crippen LogP contribution in [0, 0.1) is 11.6 Å². The van der Waals surface area contributed by atoms with Gasteiger partial charge in [-0.05, 0) is 154 Å². The van der Waals surface area contributed by atoms with Gasteiger partial charge in [0.15, 0.2) is 0 Å². The molecular weight excluding hydrogens is 971 g/mol. The maximum Gasteiger partial charge on any atom is 0.261 e. The van der Waals surface area contributed by atoms with Crippen molar-refractivity contribution in [1.29, 1.82) is 0 Å². The molecule has 2 unspecified atom stereocenters. The Hall–Kier alpha value is -6.80. The maximum absolute atomic E-state index is 16.0. The summed E-state index contributed by atoms with van der Waals surface area (Å²) in [7, 11) is 0.